The van der Waals surface area contributed by atoms with Crippen molar-refractivity contribution in [1.29, 1.82) is 0 Å². The first-order valence-corrected chi connectivity index (χ1v) is 16.0. The number of nitrogens with one attached hydrogen (secondary N) is 1. The van der Waals surface area contributed by atoms with Gasteiger partial charge in [0.1, 0.15) is 10.1 Å². The third-order valence-electron chi connectivity index (χ3n) is 7.68. The zero-order valence-corrected chi connectivity index (χ0v) is 27.7. The average molecular weight is 567 g/mol. The molecule has 0 aromatic heterocycles. The number of para-hydroxylation sites is 2. The molecule has 1 N–H and O–H groups in total. The van der Waals surface area contributed by atoms with Crippen molar-refractivity contribution in [2.45, 2.75) is 121 Å². The van der Waals surface area contributed by atoms with Crippen molar-refractivity contribution in [3.8, 4) is 0 Å². The van der Waals surface area contributed by atoms with Gasteiger partial charge in [-0.05, 0) is 24.1 Å². The van der Waals surface area contributed by atoms with Gasteiger partial charge in [-0.2, -0.15) is 0 Å². The summed E-state index contributed by atoms with van der Waals surface area (Å²) in [6, 6.07) is 17.3. The molecule has 206 valence electrons. The fourth-order valence-corrected chi connectivity index (χ4v) is 6.58. The number of anilines is 2. The monoisotopic (exact) mass is 566 g/mol. The molecule has 0 radical (unpaired) electrons. The molecule has 1 atom stereocenters. The number of hydrogen-bond acceptors (Lipinski definition) is 5. The van der Waals surface area contributed by atoms with Crippen molar-refractivity contribution in [3.05, 3.63) is 60.2 Å². The van der Waals surface area contributed by atoms with Crippen LogP contribution in [0.3, 0.4) is 0 Å². The molecule has 1 aliphatic heterocycles. The fraction of sp³-hybridized carbons (Fsp3) is 0.613. The Hall–Kier alpha value is -0.414. The Morgan fingerprint density at radius 2 is 1.18 bits per heavy atom. The SMILES string of the molecule is CCCCCCCCCCCCCCCCCC1(S(=O)(=O)[O-])Nc2ccccc2N1Cc1ccccc1.[K+]. The average Bonchev–Trinajstić information content (AvgIpc) is 3.21. The Balaban J connectivity index is 0.00000507. The van der Waals surface area contributed by atoms with Crippen LogP contribution in [0.15, 0.2) is 54.6 Å². The summed E-state index contributed by atoms with van der Waals surface area (Å²) in [5.41, 5.74) is 2.45. The van der Waals surface area contributed by atoms with Gasteiger partial charge in [0.25, 0.3) is 0 Å². The summed E-state index contributed by atoms with van der Waals surface area (Å²) in [7, 11) is -4.66. The summed E-state index contributed by atoms with van der Waals surface area (Å²) in [6.07, 6.45) is 19.0. The van der Waals surface area contributed by atoms with Crippen molar-refractivity contribution >= 4 is 21.5 Å². The molecular formula is C31H47KN2O3S. The quantitative estimate of drug-likeness (QED) is 0.136. The number of nitrogens with zero attached hydrogens (tertiary/aromatic N) is 1. The van der Waals surface area contributed by atoms with E-state index in [-0.39, 0.29) is 57.8 Å². The Labute approximate surface area is 274 Å². The summed E-state index contributed by atoms with van der Waals surface area (Å²) in [5, 5.41) is 3.13. The molecule has 0 aliphatic carbocycles. The van der Waals surface area contributed by atoms with Gasteiger partial charge in [0.05, 0.1) is 11.4 Å². The molecule has 0 fully saturated rings. The minimum Gasteiger partial charge on any atom is -0.745 e. The Morgan fingerprint density at radius 1 is 0.711 bits per heavy atom. The minimum atomic E-state index is -4.66. The molecule has 1 aliphatic rings. The smallest absolute Gasteiger partial charge is 0.745 e. The molecule has 2 aromatic rings. The second kappa shape index (κ2) is 18.1. The Morgan fingerprint density at radius 3 is 1.71 bits per heavy atom. The molecule has 1 unspecified atom stereocenters. The molecule has 0 spiro atoms. The van der Waals surface area contributed by atoms with Gasteiger partial charge >= 0.3 is 51.4 Å². The molecule has 7 heteroatoms. The zero-order chi connectivity index (χ0) is 26.4. The van der Waals surface area contributed by atoms with Gasteiger partial charge in [0.15, 0.2) is 0 Å². The summed E-state index contributed by atoms with van der Waals surface area (Å²) in [4.78, 5) is 0.118. The van der Waals surface area contributed by atoms with Crippen molar-refractivity contribution < 1.29 is 64.4 Å². The van der Waals surface area contributed by atoms with Crippen LogP contribution in [0, 0.1) is 0 Å². The van der Waals surface area contributed by atoms with Crippen LogP contribution in [-0.4, -0.2) is 18.0 Å². The number of unbranched alkanes of at least 4 members (excludes halogenated alkanes) is 14. The molecule has 2 aromatic carbocycles. The van der Waals surface area contributed by atoms with Crippen LogP contribution in [0.1, 0.15) is 115 Å². The Kier molecular flexibility index (Phi) is 16.1. The first kappa shape index (κ1) is 33.8. The van der Waals surface area contributed by atoms with Gasteiger partial charge in [0, 0.05) is 13.0 Å². The molecule has 0 saturated carbocycles. The summed E-state index contributed by atoms with van der Waals surface area (Å²) >= 11 is 0. The molecule has 5 nitrogen and oxygen atoms in total. The molecule has 1 heterocycles. The van der Waals surface area contributed by atoms with Gasteiger partial charge in [-0.3, -0.25) is 0 Å². The van der Waals surface area contributed by atoms with E-state index >= 15 is 0 Å². The number of fused-ring (bicyclic) bond motifs is 1. The second-order valence-corrected chi connectivity index (χ2v) is 12.2. The van der Waals surface area contributed by atoms with Crippen molar-refractivity contribution in [2.75, 3.05) is 10.2 Å². The number of benzene rings is 2. The predicted molar refractivity (Wildman–Crippen MR) is 155 cm³/mol. The van der Waals surface area contributed by atoms with Gasteiger partial charge < -0.3 is 14.8 Å². The van der Waals surface area contributed by atoms with Gasteiger partial charge in [0.2, 0.25) is 4.99 Å². The third kappa shape index (κ3) is 10.2. The maximum atomic E-state index is 12.7. The van der Waals surface area contributed by atoms with Crippen LogP contribution < -0.4 is 61.6 Å². The molecular weight excluding hydrogens is 520 g/mol. The van der Waals surface area contributed by atoms with Gasteiger partial charge in [-0.1, -0.05) is 139 Å². The van der Waals surface area contributed by atoms with E-state index in [1.54, 1.807) is 4.90 Å². The maximum Gasteiger partial charge on any atom is 1.00 e. The standard InChI is InChI=1S/C31H48N2O3S.K/c1-2-3-4-5-6-7-8-9-10-11-12-13-14-15-21-26-31(37(34,35)36)32-29-24-19-20-25-30(29)33(31)27-28-22-17-16-18-23-28;/h16-20,22-25,32H,2-15,21,26-27H2,1H3,(H,34,35,36);/q;+1/p-1. The molecule has 0 amide bonds. The third-order valence-corrected chi connectivity index (χ3v) is 9.03. The molecule has 0 bridgehead atoms. The van der Waals surface area contributed by atoms with E-state index in [0.29, 0.717) is 18.7 Å². The van der Waals surface area contributed by atoms with Crippen LogP contribution in [0.2, 0.25) is 0 Å². The van der Waals surface area contributed by atoms with E-state index in [1.165, 1.54) is 77.0 Å². The van der Waals surface area contributed by atoms with Crippen LogP contribution in [-0.2, 0) is 16.7 Å². The fourth-order valence-electron chi connectivity index (χ4n) is 5.52. The number of rotatable bonds is 19. The first-order chi connectivity index (χ1) is 18.0. The first-order valence-electron chi connectivity index (χ1n) is 14.6. The summed E-state index contributed by atoms with van der Waals surface area (Å²) in [5.74, 6) is 0. The van der Waals surface area contributed by atoms with Crippen molar-refractivity contribution in [3.63, 3.8) is 0 Å². The van der Waals surface area contributed by atoms with Crippen LogP contribution in [0.25, 0.3) is 0 Å². The van der Waals surface area contributed by atoms with E-state index in [1.807, 2.05) is 54.6 Å². The zero-order valence-electron chi connectivity index (χ0n) is 23.8. The summed E-state index contributed by atoms with van der Waals surface area (Å²) in [6.45, 7) is 2.63. The van der Waals surface area contributed by atoms with E-state index in [4.69, 9.17) is 0 Å². The normalized spacial score (nSPS) is 16.6. The van der Waals surface area contributed by atoms with Crippen molar-refractivity contribution in [1.82, 2.24) is 0 Å². The number of hydrogen-bond donors (Lipinski definition) is 1. The topological polar surface area (TPSA) is 72.5 Å². The molecule has 3 rings (SSSR count). The van der Waals surface area contributed by atoms with Crippen LogP contribution in [0.5, 0.6) is 0 Å². The second-order valence-electron chi connectivity index (χ2n) is 10.7. The van der Waals surface area contributed by atoms with Crippen LogP contribution >= 0.6 is 0 Å². The van der Waals surface area contributed by atoms with Gasteiger partial charge in [-0.25, -0.2) is 8.42 Å². The minimum absolute atomic E-state index is 0. The summed E-state index contributed by atoms with van der Waals surface area (Å²) < 4.78 is 38.2. The predicted octanol–water partition coefficient (Wildman–Crippen LogP) is 5.58. The van der Waals surface area contributed by atoms with E-state index in [2.05, 4.69) is 12.2 Å². The maximum absolute atomic E-state index is 12.7. The van der Waals surface area contributed by atoms with Gasteiger partial charge in [-0.15, -0.1) is 0 Å². The van der Waals surface area contributed by atoms with E-state index < -0.39 is 15.1 Å². The molecule has 38 heavy (non-hydrogen) atoms. The van der Waals surface area contributed by atoms with Crippen LogP contribution in [0.4, 0.5) is 11.4 Å². The molecule has 0 saturated heterocycles. The van der Waals surface area contributed by atoms with E-state index in [9.17, 15) is 13.0 Å². The van der Waals surface area contributed by atoms with Crippen molar-refractivity contribution in [2.24, 2.45) is 0 Å². The Bertz CT molecular complexity index is 1020. The van der Waals surface area contributed by atoms with E-state index in [0.717, 1.165) is 24.1 Å². The largest absolute Gasteiger partial charge is 1.00 e.